The maximum absolute atomic E-state index is 6.01. The highest BCUT2D eigenvalue weighted by atomic mass is 35.5. The van der Waals surface area contributed by atoms with E-state index in [-0.39, 0.29) is 4.99 Å². The Morgan fingerprint density at radius 3 is 2.19 bits per heavy atom. The fourth-order valence-corrected chi connectivity index (χ4v) is 2.14. The fraction of sp³-hybridized carbons (Fsp3) is 0.133. The Morgan fingerprint density at radius 2 is 1.67 bits per heavy atom. The Labute approximate surface area is 133 Å². The third kappa shape index (κ3) is 3.37. The van der Waals surface area contributed by atoms with Crippen LogP contribution in [0.25, 0.3) is 0 Å². The van der Waals surface area contributed by atoms with Gasteiger partial charge in [0.05, 0.1) is 19.8 Å². The molecule has 0 atom stereocenters. The van der Waals surface area contributed by atoms with Crippen molar-refractivity contribution >= 4 is 28.8 Å². The van der Waals surface area contributed by atoms with Gasteiger partial charge in [0.2, 0.25) is 5.75 Å². The van der Waals surface area contributed by atoms with Crippen LogP contribution in [0, 0.1) is 0 Å². The first kappa shape index (κ1) is 15.4. The van der Waals surface area contributed by atoms with Gasteiger partial charge >= 0.3 is 0 Å². The first-order valence-corrected chi connectivity index (χ1v) is 6.83. The molecular formula is C15H14ClNO3S. The molecule has 110 valence electrons. The maximum atomic E-state index is 6.01. The van der Waals surface area contributed by atoms with E-state index in [9.17, 15) is 0 Å². The van der Waals surface area contributed by atoms with Crippen molar-refractivity contribution in [3.05, 3.63) is 47.0 Å². The Bertz CT molecular complexity index is 654. The van der Waals surface area contributed by atoms with E-state index in [0.717, 1.165) is 0 Å². The average molecular weight is 324 g/mol. The number of para-hydroxylation sites is 1. The van der Waals surface area contributed by atoms with Crippen LogP contribution in [0.5, 0.6) is 23.0 Å². The predicted molar refractivity (Wildman–Crippen MR) is 87.0 cm³/mol. The van der Waals surface area contributed by atoms with Gasteiger partial charge in [0.25, 0.3) is 0 Å². The molecule has 0 aliphatic heterocycles. The van der Waals surface area contributed by atoms with Crippen LogP contribution in [0.2, 0.25) is 5.02 Å². The number of hydrogen-bond donors (Lipinski definition) is 1. The molecule has 0 saturated carbocycles. The van der Waals surface area contributed by atoms with Gasteiger partial charge in [-0.05, 0) is 24.3 Å². The van der Waals surface area contributed by atoms with Crippen LogP contribution >= 0.6 is 23.8 Å². The summed E-state index contributed by atoms with van der Waals surface area (Å²) in [4.78, 5) is 0.218. The normalized spacial score (nSPS) is 10.0. The molecule has 0 saturated heterocycles. The molecule has 2 N–H and O–H groups in total. The standard InChI is InChI=1S/C15H14ClNO3S/c1-18-11-4-3-5-12(19-2)14(11)20-13-8-9(16)6-7-10(13)15(17)21/h3-8H,1-2H3,(H2,17,21). The SMILES string of the molecule is COc1cccc(OC)c1Oc1cc(Cl)ccc1C(N)=S. The van der Waals surface area contributed by atoms with Crippen molar-refractivity contribution in [1.29, 1.82) is 0 Å². The molecule has 2 aromatic carbocycles. The molecule has 0 amide bonds. The number of thiocarbonyl (C=S) groups is 1. The number of ether oxygens (including phenoxy) is 3. The van der Waals surface area contributed by atoms with Gasteiger partial charge in [-0.15, -0.1) is 0 Å². The number of methoxy groups -OCH3 is 2. The second-order valence-corrected chi connectivity index (χ2v) is 4.97. The molecule has 0 aliphatic carbocycles. The van der Waals surface area contributed by atoms with Gasteiger partial charge in [-0.3, -0.25) is 0 Å². The van der Waals surface area contributed by atoms with Crippen LogP contribution in [0.15, 0.2) is 36.4 Å². The van der Waals surface area contributed by atoms with Crippen molar-refractivity contribution in [1.82, 2.24) is 0 Å². The summed E-state index contributed by atoms with van der Waals surface area (Å²) < 4.78 is 16.5. The molecule has 0 spiro atoms. The maximum Gasteiger partial charge on any atom is 0.211 e. The second kappa shape index (κ2) is 6.65. The smallest absolute Gasteiger partial charge is 0.211 e. The van der Waals surface area contributed by atoms with Crippen molar-refractivity contribution in [3.63, 3.8) is 0 Å². The molecule has 0 radical (unpaired) electrons. The fourth-order valence-electron chi connectivity index (χ4n) is 1.81. The molecule has 0 aromatic heterocycles. The van der Waals surface area contributed by atoms with Gasteiger partial charge in [0, 0.05) is 11.1 Å². The van der Waals surface area contributed by atoms with E-state index in [1.54, 1.807) is 50.6 Å². The quantitative estimate of drug-likeness (QED) is 0.849. The van der Waals surface area contributed by atoms with Crippen LogP contribution in [0.1, 0.15) is 5.56 Å². The lowest BCUT2D eigenvalue weighted by Gasteiger charge is -2.16. The lowest BCUT2D eigenvalue weighted by molar-refractivity contribution is 0.346. The summed E-state index contributed by atoms with van der Waals surface area (Å²) in [5.74, 6) is 1.94. The van der Waals surface area contributed by atoms with Crippen molar-refractivity contribution in [2.75, 3.05) is 14.2 Å². The third-order valence-electron chi connectivity index (χ3n) is 2.80. The van der Waals surface area contributed by atoms with E-state index >= 15 is 0 Å². The highest BCUT2D eigenvalue weighted by molar-refractivity contribution is 7.80. The number of halogens is 1. The minimum atomic E-state index is 0.218. The zero-order valence-electron chi connectivity index (χ0n) is 11.6. The Kier molecular flexibility index (Phi) is 4.88. The van der Waals surface area contributed by atoms with Gasteiger partial charge < -0.3 is 19.9 Å². The third-order valence-corrected chi connectivity index (χ3v) is 3.26. The summed E-state index contributed by atoms with van der Waals surface area (Å²) in [6.45, 7) is 0. The van der Waals surface area contributed by atoms with Crippen molar-refractivity contribution < 1.29 is 14.2 Å². The molecule has 2 aromatic rings. The minimum absolute atomic E-state index is 0.218. The van der Waals surface area contributed by atoms with E-state index in [1.165, 1.54) is 0 Å². The van der Waals surface area contributed by atoms with Crippen LogP contribution in [0.3, 0.4) is 0 Å². The molecule has 0 bridgehead atoms. The summed E-state index contributed by atoms with van der Waals surface area (Å²) in [5, 5.41) is 0.513. The summed E-state index contributed by atoms with van der Waals surface area (Å²) >= 11 is 11.0. The van der Waals surface area contributed by atoms with Gasteiger partial charge in [-0.25, -0.2) is 0 Å². The minimum Gasteiger partial charge on any atom is -0.493 e. The first-order valence-electron chi connectivity index (χ1n) is 6.05. The average Bonchev–Trinajstić information content (AvgIpc) is 2.47. The molecule has 4 nitrogen and oxygen atoms in total. The van der Waals surface area contributed by atoms with Gasteiger partial charge in [0.15, 0.2) is 11.5 Å². The number of hydrogen-bond acceptors (Lipinski definition) is 4. The molecular weight excluding hydrogens is 310 g/mol. The summed E-state index contributed by atoms with van der Waals surface area (Å²) in [6, 6.07) is 10.4. The molecule has 21 heavy (non-hydrogen) atoms. The van der Waals surface area contributed by atoms with E-state index in [2.05, 4.69) is 0 Å². The van der Waals surface area contributed by atoms with Crippen LogP contribution in [-0.2, 0) is 0 Å². The Morgan fingerprint density at radius 1 is 1.05 bits per heavy atom. The zero-order chi connectivity index (χ0) is 15.4. The molecule has 2 rings (SSSR count). The molecule has 0 fully saturated rings. The summed E-state index contributed by atoms with van der Waals surface area (Å²) in [7, 11) is 3.10. The largest absolute Gasteiger partial charge is 0.493 e. The molecule has 6 heteroatoms. The topological polar surface area (TPSA) is 53.7 Å². The van der Waals surface area contributed by atoms with E-state index in [4.69, 9.17) is 43.8 Å². The predicted octanol–water partition coefficient (Wildman–Crippen LogP) is 3.78. The highest BCUT2D eigenvalue weighted by Crippen LogP contribution is 2.41. The second-order valence-electron chi connectivity index (χ2n) is 4.10. The Hall–Kier alpha value is -1.98. The summed E-state index contributed by atoms with van der Waals surface area (Å²) in [5.41, 5.74) is 6.29. The lowest BCUT2D eigenvalue weighted by atomic mass is 10.2. The van der Waals surface area contributed by atoms with Crippen molar-refractivity contribution in [3.8, 4) is 23.0 Å². The van der Waals surface area contributed by atoms with Crippen LogP contribution in [-0.4, -0.2) is 19.2 Å². The van der Waals surface area contributed by atoms with E-state index in [1.807, 2.05) is 0 Å². The van der Waals surface area contributed by atoms with Gasteiger partial charge in [0.1, 0.15) is 10.7 Å². The number of rotatable bonds is 5. The number of nitrogens with two attached hydrogens (primary N) is 1. The Balaban J connectivity index is 2.52. The molecule has 0 unspecified atom stereocenters. The van der Waals surface area contributed by atoms with Crippen molar-refractivity contribution in [2.24, 2.45) is 5.73 Å². The highest BCUT2D eigenvalue weighted by Gasteiger charge is 2.15. The molecule has 0 heterocycles. The monoisotopic (exact) mass is 323 g/mol. The van der Waals surface area contributed by atoms with Gasteiger partial charge in [-0.1, -0.05) is 29.9 Å². The number of benzene rings is 2. The molecule has 0 aliphatic rings. The van der Waals surface area contributed by atoms with E-state index in [0.29, 0.717) is 33.6 Å². The lowest BCUT2D eigenvalue weighted by Crippen LogP contribution is -2.10. The van der Waals surface area contributed by atoms with Crippen LogP contribution in [0.4, 0.5) is 0 Å². The van der Waals surface area contributed by atoms with Crippen molar-refractivity contribution in [2.45, 2.75) is 0 Å². The zero-order valence-corrected chi connectivity index (χ0v) is 13.1. The van der Waals surface area contributed by atoms with Gasteiger partial charge in [-0.2, -0.15) is 0 Å². The van der Waals surface area contributed by atoms with Crippen LogP contribution < -0.4 is 19.9 Å². The van der Waals surface area contributed by atoms with E-state index < -0.39 is 0 Å². The first-order chi connectivity index (χ1) is 10.1. The summed E-state index contributed by atoms with van der Waals surface area (Å²) in [6.07, 6.45) is 0.